The van der Waals surface area contributed by atoms with Gasteiger partial charge in [-0.2, -0.15) is 38.4 Å². The summed E-state index contributed by atoms with van der Waals surface area (Å²) >= 11 is 0. The molecule has 2 rings (SSSR count). The van der Waals surface area contributed by atoms with Crippen LogP contribution in [0.1, 0.15) is 0 Å². The van der Waals surface area contributed by atoms with Crippen molar-refractivity contribution in [2.75, 3.05) is 20.8 Å². The predicted molar refractivity (Wildman–Crippen MR) is 122 cm³/mol. The van der Waals surface area contributed by atoms with Crippen LogP contribution in [-0.4, -0.2) is 150 Å². The molecule has 2 fully saturated rings. The van der Waals surface area contributed by atoms with Crippen molar-refractivity contribution >= 4 is 47.5 Å². The van der Waals surface area contributed by atoms with Crippen molar-refractivity contribution in [1.82, 2.24) is 4.72 Å². The van der Waals surface area contributed by atoms with Gasteiger partial charge in [0.15, 0.2) is 24.8 Å². The van der Waals surface area contributed by atoms with Crippen molar-refractivity contribution in [1.29, 1.82) is 0 Å². The van der Waals surface area contributed by atoms with E-state index in [-0.39, 0.29) is 0 Å². The molecule has 0 bridgehead atoms. The Bertz CT molecular complexity index is 1380. The summed E-state index contributed by atoms with van der Waals surface area (Å²) in [7, 11) is -20.0. The van der Waals surface area contributed by atoms with Crippen molar-refractivity contribution in [2.45, 2.75) is 61.3 Å². The van der Waals surface area contributed by atoms with Crippen LogP contribution in [0.15, 0.2) is 0 Å². The molecule has 28 heteroatoms. The van der Waals surface area contributed by atoms with Crippen molar-refractivity contribution in [3.05, 3.63) is 0 Å². The van der Waals surface area contributed by atoms with Crippen LogP contribution < -0.4 is 4.72 Å². The summed E-state index contributed by atoms with van der Waals surface area (Å²) in [5.41, 5.74) is 0. The van der Waals surface area contributed by atoms with Crippen LogP contribution in [0.4, 0.5) is 0 Å². The van der Waals surface area contributed by atoms with Gasteiger partial charge in [0.1, 0.15) is 36.6 Å². The Morgan fingerprint density at radius 2 is 1.31 bits per heavy atom. The molecular weight excluding hydrogens is 678 g/mol. The first-order valence-corrected chi connectivity index (χ1v) is 16.1. The van der Waals surface area contributed by atoms with Crippen molar-refractivity contribution in [3.63, 3.8) is 0 Å². The van der Waals surface area contributed by atoms with Gasteiger partial charge in [-0.05, 0) is 0 Å². The zero-order valence-electron chi connectivity index (χ0n) is 20.7. The number of carboxylic acid groups (broad SMARTS) is 1. The SMILES string of the molecule is CO[C@@H]1O[C@H](C(=O)O)[C@@H](O[C@H]2O[C@H](COS(=O)(=O)O)[C@@H](OC)[C@H](OS(=O)(=O)O)[C@H]2NS(=O)(=O)O)[C@H](O)[C@H]1OS(=O)(=O)O. The fraction of sp³-hybridized carbons (Fsp3) is 0.929. The van der Waals surface area contributed by atoms with E-state index in [0.29, 0.717) is 0 Å². The van der Waals surface area contributed by atoms with Crippen LogP contribution in [0, 0.1) is 0 Å². The number of hydrogen-bond donors (Lipinski definition) is 7. The fourth-order valence-corrected chi connectivity index (χ4v) is 5.80. The maximum atomic E-state index is 11.9. The lowest BCUT2D eigenvalue weighted by atomic mass is 9.96. The van der Waals surface area contributed by atoms with E-state index in [0.717, 1.165) is 14.2 Å². The minimum atomic E-state index is -5.57. The molecule has 0 aromatic rings. The number of aliphatic hydroxyl groups is 1. The average Bonchev–Trinajstić information content (AvgIpc) is 2.79. The second-order valence-corrected chi connectivity index (χ2v) is 12.5. The number of ether oxygens (including phenoxy) is 5. The van der Waals surface area contributed by atoms with Crippen LogP contribution in [-0.2, 0) is 82.5 Å². The Morgan fingerprint density at radius 3 is 1.74 bits per heavy atom. The van der Waals surface area contributed by atoms with E-state index in [1.165, 1.54) is 4.72 Å². The quantitative estimate of drug-likeness (QED) is 0.0831. The van der Waals surface area contributed by atoms with Gasteiger partial charge >= 0.3 is 47.5 Å². The molecule has 42 heavy (non-hydrogen) atoms. The van der Waals surface area contributed by atoms with Crippen LogP contribution in [0.2, 0.25) is 0 Å². The van der Waals surface area contributed by atoms with Gasteiger partial charge in [0, 0.05) is 14.2 Å². The van der Waals surface area contributed by atoms with E-state index in [2.05, 4.69) is 12.5 Å². The van der Waals surface area contributed by atoms with E-state index in [1.54, 1.807) is 0 Å². The van der Waals surface area contributed by atoms with Crippen molar-refractivity contribution in [2.24, 2.45) is 0 Å². The van der Waals surface area contributed by atoms with Crippen molar-refractivity contribution < 1.29 is 103 Å². The largest absolute Gasteiger partial charge is 0.479 e. The summed E-state index contributed by atoms with van der Waals surface area (Å²) in [6, 6.07) is -2.41. The normalized spacial score (nSPS) is 35.1. The monoisotopic (exact) mass is 703 g/mol. The number of methoxy groups -OCH3 is 2. The van der Waals surface area contributed by atoms with Gasteiger partial charge in [0.05, 0.1) is 6.61 Å². The maximum absolute atomic E-state index is 11.9. The molecule has 2 aliphatic heterocycles. The van der Waals surface area contributed by atoms with Crippen LogP contribution in [0.25, 0.3) is 0 Å². The van der Waals surface area contributed by atoms with Gasteiger partial charge < -0.3 is 33.9 Å². The summed E-state index contributed by atoms with van der Waals surface area (Å²) in [6.45, 7) is -1.28. The van der Waals surface area contributed by atoms with E-state index < -0.39 is 115 Å². The highest BCUT2D eigenvalue weighted by molar-refractivity contribution is 7.83. The molecule has 0 aromatic carbocycles. The molecule has 0 spiro atoms. The molecule has 24 nitrogen and oxygen atoms in total. The smallest absolute Gasteiger partial charge is 0.397 e. The summed E-state index contributed by atoms with van der Waals surface area (Å²) in [5.74, 6) is -1.95. The summed E-state index contributed by atoms with van der Waals surface area (Å²) in [5, 5.41) is 20.4. The number of aliphatic hydroxyl groups excluding tert-OH is 1. The van der Waals surface area contributed by atoms with Crippen molar-refractivity contribution in [3.8, 4) is 0 Å². The molecule has 0 aliphatic carbocycles. The molecule has 10 atom stereocenters. The topological polar surface area (TPSA) is 361 Å². The molecule has 0 amide bonds. The second kappa shape index (κ2) is 13.8. The summed E-state index contributed by atoms with van der Waals surface area (Å²) in [4.78, 5) is 11.9. The molecule has 0 saturated carbocycles. The lowest BCUT2D eigenvalue weighted by molar-refractivity contribution is -0.334. The maximum Gasteiger partial charge on any atom is 0.397 e. The van der Waals surface area contributed by atoms with Gasteiger partial charge in [0.25, 0.3) is 0 Å². The third-order valence-electron chi connectivity index (χ3n) is 5.34. The van der Waals surface area contributed by atoms with Crippen LogP contribution >= 0.6 is 0 Å². The molecule has 7 N–H and O–H groups in total. The van der Waals surface area contributed by atoms with E-state index in [1.807, 2.05) is 0 Å². The number of hydrogen-bond acceptors (Lipinski definition) is 18. The lowest BCUT2D eigenvalue weighted by Crippen LogP contribution is -2.69. The predicted octanol–water partition coefficient (Wildman–Crippen LogP) is -5.12. The van der Waals surface area contributed by atoms with Gasteiger partial charge in [-0.15, -0.1) is 0 Å². The minimum absolute atomic E-state index is 0.807. The number of carboxylic acids is 1. The Hall–Kier alpha value is -1.29. The van der Waals surface area contributed by atoms with E-state index in [9.17, 15) is 57.8 Å². The molecule has 0 aromatic heterocycles. The Labute approximate surface area is 237 Å². The number of carbonyl (C=O) groups is 1. The van der Waals surface area contributed by atoms with Gasteiger partial charge in [-0.25, -0.2) is 17.3 Å². The standard InChI is InChI=1S/C14H25NO23S4/c1-31-7-4(3-33-40(22,23)24)34-13(5(15-39(19,20)21)8(7)37-41(25,26)27)35-9-6(16)10(38-42(28,29)30)14(32-2)36-11(9)12(17)18/h4-11,13-16H,3H2,1-2H3,(H,17,18)(H,19,20,21)(H,22,23,24)(H,25,26,27)(H,28,29,30)/t4-,5-,6+,7-,8-,9+,10-,11+,13-,14-/m1/s1. The molecule has 2 aliphatic rings. The Balaban J connectivity index is 2.65. The first-order chi connectivity index (χ1) is 19.0. The zero-order valence-corrected chi connectivity index (χ0v) is 24.0. The average molecular weight is 704 g/mol. The fourth-order valence-electron chi connectivity index (χ4n) is 3.91. The molecular formula is C14H25NO23S4. The molecule has 2 saturated heterocycles. The van der Waals surface area contributed by atoms with Crippen LogP contribution in [0.3, 0.4) is 0 Å². The number of aliphatic carboxylic acids is 1. The summed E-state index contributed by atoms with van der Waals surface area (Å²) < 4.78 is 167. The van der Waals surface area contributed by atoms with Crippen LogP contribution in [0.5, 0.6) is 0 Å². The number of nitrogens with one attached hydrogen (secondary N) is 1. The summed E-state index contributed by atoms with van der Waals surface area (Å²) in [6.07, 6.45) is -20.4. The van der Waals surface area contributed by atoms with Gasteiger partial charge in [0.2, 0.25) is 0 Å². The van der Waals surface area contributed by atoms with E-state index in [4.69, 9.17) is 32.8 Å². The Morgan fingerprint density at radius 1 is 0.762 bits per heavy atom. The lowest BCUT2D eigenvalue weighted by Gasteiger charge is -2.47. The second-order valence-electron chi connectivity index (χ2n) is 8.14. The highest BCUT2D eigenvalue weighted by Crippen LogP contribution is 2.33. The molecule has 248 valence electrons. The first-order valence-electron chi connectivity index (χ1n) is 10.6. The molecule has 0 radical (unpaired) electrons. The van der Waals surface area contributed by atoms with Gasteiger partial charge in [-0.1, -0.05) is 0 Å². The highest BCUT2D eigenvalue weighted by Gasteiger charge is 2.56. The van der Waals surface area contributed by atoms with Gasteiger partial charge in [-0.3, -0.25) is 18.2 Å². The molecule has 0 unspecified atom stereocenters. The number of rotatable bonds is 14. The Kier molecular flexibility index (Phi) is 12.1. The minimum Gasteiger partial charge on any atom is -0.479 e. The third kappa shape index (κ3) is 10.7. The highest BCUT2D eigenvalue weighted by atomic mass is 32.3. The third-order valence-corrected chi connectivity index (χ3v) is 7.27. The molecule has 2 heterocycles. The van der Waals surface area contributed by atoms with E-state index >= 15 is 0 Å². The first kappa shape index (κ1) is 36.9. The zero-order chi connectivity index (χ0) is 32.4.